The van der Waals surface area contributed by atoms with Crippen LogP contribution < -0.4 is 5.32 Å². The number of thiazole rings is 1. The van der Waals surface area contributed by atoms with Gasteiger partial charge in [0.05, 0.1) is 11.4 Å². The van der Waals surface area contributed by atoms with Gasteiger partial charge in [-0.25, -0.2) is 13.4 Å². The summed E-state index contributed by atoms with van der Waals surface area (Å²) in [6.45, 7) is 0.410. The Morgan fingerprint density at radius 3 is 2.37 bits per heavy atom. The molecule has 0 aliphatic rings. The Bertz CT molecular complexity index is 984. The summed E-state index contributed by atoms with van der Waals surface area (Å²) in [5, 5.41) is 5.17. The van der Waals surface area contributed by atoms with Crippen molar-refractivity contribution in [3.05, 3.63) is 77.3 Å². The van der Waals surface area contributed by atoms with Gasteiger partial charge in [-0.1, -0.05) is 60.7 Å². The van der Waals surface area contributed by atoms with Crippen LogP contribution in [0.1, 0.15) is 11.3 Å². The lowest BCUT2D eigenvalue weighted by molar-refractivity contribution is -0.118. The van der Waals surface area contributed by atoms with Crippen molar-refractivity contribution in [3.8, 4) is 10.6 Å². The van der Waals surface area contributed by atoms with Crippen LogP contribution in [0.3, 0.4) is 0 Å². The molecule has 3 rings (SSSR count). The van der Waals surface area contributed by atoms with E-state index in [-0.39, 0.29) is 5.75 Å². The first-order chi connectivity index (χ1) is 13.0. The van der Waals surface area contributed by atoms with E-state index in [2.05, 4.69) is 10.3 Å². The monoisotopic (exact) mass is 400 g/mol. The molecule has 7 heteroatoms. The number of amides is 1. The molecule has 0 aliphatic heterocycles. The van der Waals surface area contributed by atoms with E-state index in [0.717, 1.165) is 16.1 Å². The maximum absolute atomic E-state index is 12.3. The molecule has 0 radical (unpaired) electrons. The highest BCUT2D eigenvalue weighted by molar-refractivity contribution is 7.91. The summed E-state index contributed by atoms with van der Waals surface area (Å²) < 4.78 is 24.6. The smallest absolute Gasteiger partial charge is 0.235 e. The van der Waals surface area contributed by atoms with E-state index < -0.39 is 21.5 Å². The first-order valence-electron chi connectivity index (χ1n) is 8.53. The molecule has 0 aliphatic carbocycles. The summed E-state index contributed by atoms with van der Waals surface area (Å²) in [5.41, 5.74) is 2.51. The fourth-order valence-corrected chi connectivity index (χ4v) is 4.74. The molecule has 3 aromatic rings. The summed E-state index contributed by atoms with van der Waals surface area (Å²) in [7, 11) is -3.57. The highest BCUT2D eigenvalue weighted by Gasteiger charge is 2.19. The maximum Gasteiger partial charge on any atom is 0.235 e. The molecule has 0 saturated heterocycles. The molecule has 0 fully saturated rings. The Kier molecular flexibility index (Phi) is 6.36. The number of rotatable bonds is 8. The molecule has 0 bridgehead atoms. The summed E-state index contributed by atoms with van der Waals surface area (Å²) in [4.78, 5) is 16.3. The number of nitrogens with one attached hydrogen (secondary N) is 1. The lowest BCUT2D eigenvalue weighted by Gasteiger charge is -2.06. The first kappa shape index (κ1) is 19.3. The van der Waals surface area contributed by atoms with Gasteiger partial charge in [0, 0.05) is 17.5 Å². The van der Waals surface area contributed by atoms with Crippen molar-refractivity contribution in [2.75, 3.05) is 12.3 Å². The van der Waals surface area contributed by atoms with E-state index in [0.29, 0.717) is 18.7 Å². The first-order valence-corrected chi connectivity index (χ1v) is 11.2. The zero-order valence-corrected chi connectivity index (χ0v) is 16.3. The normalized spacial score (nSPS) is 11.3. The molecule has 5 nitrogen and oxygen atoms in total. The molecule has 2 aromatic carbocycles. The summed E-state index contributed by atoms with van der Waals surface area (Å²) >= 11 is 1.40. The van der Waals surface area contributed by atoms with Gasteiger partial charge in [0.1, 0.15) is 10.8 Å². The number of hydrogen-bond acceptors (Lipinski definition) is 5. The molecule has 0 atom stereocenters. The highest BCUT2D eigenvalue weighted by Crippen LogP contribution is 2.24. The molecule has 0 saturated carbocycles. The third-order valence-electron chi connectivity index (χ3n) is 3.87. The molecule has 1 aromatic heterocycles. The van der Waals surface area contributed by atoms with Crippen molar-refractivity contribution in [1.29, 1.82) is 0 Å². The number of carbonyl (C=O) groups is 1. The average Bonchev–Trinajstić information content (AvgIpc) is 3.10. The van der Waals surface area contributed by atoms with E-state index >= 15 is 0 Å². The Hall–Kier alpha value is -2.51. The number of hydrogen-bond donors (Lipinski definition) is 1. The topological polar surface area (TPSA) is 76.1 Å². The molecule has 27 heavy (non-hydrogen) atoms. The minimum atomic E-state index is -3.57. The van der Waals surface area contributed by atoms with Crippen LogP contribution in [-0.4, -0.2) is 31.6 Å². The Morgan fingerprint density at radius 1 is 1.00 bits per heavy atom. The summed E-state index contributed by atoms with van der Waals surface area (Å²) in [5.74, 6) is -1.24. The summed E-state index contributed by atoms with van der Waals surface area (Å²) in [6.07, 6.45) is 0.666. The Balaban J connectivity index is 1.51. The maximum atomic E-state index is 12.3. The second-order valence-corrected chi connectivity index (χ2v) is 9.05. The molecule has 0 spiro atoms. The van der Waals surface area contributed by atoms with Crippen LogP contribution in [0.4, 0.5) is 0 Å². The van der Waals surface area contributed by atoms with Crippen molar-refractivity contribution in [2.45, 2.75) is 12.2 Å². The van der Waals surface area contributed by atoms with Gasteiger partial charge >= 0.3 is 0 Å². The quantitative estimate of drug-likeness (QED) is 0.630. The second kappa shape index (κ2) is 8.92. The third-order valence-corrected chi connectivity index (χ3v) is 6.25. The fraction of sp³-hybridized carbons (Fsp3) is 0.200. The zero-order valence-electron chi connectivity index (χ0n) is 14.7. The van der Waals surface area contributed by atoms with Gasteiger partial charge in [0.25, 0.3) is 0 Å². The van der Waals surface area contributed by atoms with Gasteiger partial charge in [-0.15, -0.1) is 11.3 Å². The van der Waals surface area contributed by atoms with Gasteiger partial charge in [0.2, 0.25) is 5.91 Å². The molecular formula is C20H20N2O3S2. The number of benzene rings is 2. The van der Waals surface area contributed by atoms with Gasteiger partial charge in [-0.3, -0.25) is 4.79 Å². The predicted octanol–water partition coefficient (Wildman–Crippen LogP) is 3.08. The van der Waals surface area contributed by atoms with Crippen molar-refractivity contribution < 1.29 is 13.2 Å². The largest absolute Gasteiger partial charge is 0.355 e. The van der Waals surface area contributed by atoms with E-state index in [1.165, 1.54) is 11.3 Å². The number of sulfone groups is 1. The van der Waals surface area contributed by atoms with Crippen molar-refractivity contribution in [3.63, 3.8) is 0 Å². The molecular weight excluding hydrogens is 380 g/mol. The molecule has 1 N–H and O–H groups in total. The Labute approximate surface area is 163 Å². The minimum absolute atomic E-state index is 0.234. The predicted molar refractivity (Wildman–Crippen MR) is 108 cm³/mol. The van der Waals surface area contributed by atoms with Gasteiger partial charge in [0.15, 0.2) is 9.84 Å². The molecule has 1 heterocycles. The second-order valence-electron chi connectivity index (χ2n) is 6.13. The molecule has 0 unspecified atom stereocenters. The fourth-order valence-electron chi connectivity index (χ4n) is 2.60. The van der Waals surface area contributed by atoms with Crippen molar-refractivity contribution in [2.24, 2.45) is 0 Å². The minimum Gasteiger partial charge on any atom is -0.355 e. The SMILES string of the molecule is O=C(CS(=O)(=O)Cc1csc(-c2ccccc2)n1)NCCc1ccccc1. The number of nitrogens with zero attached hydrogens (tertiary/aromatic N) is 1. The lowest BCUT2D eigenvalue weighted by Crippen LogP contribution is -2.32. The van der Waals surface area contributed by atoms with Crippen LogP contribution in [0.15, 0.2) is 66.0 Å². The van der Waals surface area contributed by atoms with Gasteiger partial charge in [-0.2, -0.15) is 0 Å². The van der Waals surface area contributed by atoms with Crippen LogP contribution in [0.5, 0.6) is 0 Å². The van der Waals surface area contributed by atoms with Crippen molar-refractivity contribution >= 4 is 27.1 Å². The van der Waals surface area contributed by atoms with E-state index in [1.807, 2.05) is 60.7 Å². The van der Waals surface area contributed by atoms with Crippen molar-refractivity contribution in [1.82, 2.24) is 10.3 Å². The standard InChI is InChI=1S/C20H20N2O3S2/c23-19(21-12-11-16-7-3-1-4-8-16)15-27(24,25)14-18-13-26-20(22-18)17-9-5-2-6-10-17/h1-10,13H,11-12,14-15H2,(H,21,23). The third kappa shape index (κ3) is 6.01. The Morgan fingerprint density at radius 2 is 1.67 bits per heavy atom. The van der Waals surface area contributed by atoms with E-state index in [1.54, 1.807) is 5.38 Å². The van der Waals surface area contributed by atoms with E-state index in [4.69, 9.17) is 0 Å². The number of carbonyl (C=O) groups excluding carboxylic acids is 1. The van der Waals surface area contributed by atoms with Gasteiger partial charge < -0.3 is 5.32 Å². The average molecular weight is 401 g/mol. The van der Waals surface area contributed by atoms with E-state index in [9.17, 15) is 13.2 Å². The van der Waals surface area contributed by atoms with Crippen LogP contribution in [-0.2, 0) is 26.8 Å². The highest BCUT2D eigenvalue weighted by atomic mass is 32.2. The lowest BCUT2D eigenvalue weighted by atomic mass is 10.1. The van der Waals surface area contributed by atoms with Crippen LogP contribution in [0.25, 0.3) is 10.6 Å². The zero-order chi connectivity index (χ0) is 19.1. The van der Waals surface area contributed by atoms with Crippen LogP contribution in [0, 0.1) is 0 Å². The summed E-state index contributed by atoms with van der Waals surface area (Å²) in [6, 6.07) is 19.3. The van der Waals surface area contributed by atoms with Crippen LogP contribution in [0.2, 0.25) is 0 Å². The molecule has 140 valence electrons. The van der Waals surface area contributed by atoms with Crippen LogP contribution >= 0.6 is 11.3 Å². The molecule has 1 amide bonds. The van der Waals surface area contributed by atoms with Gasteiger partial charge in [-0.05, 0) is 12.0 Å². The number of aromatic nitrogens is 1.